The van der Waals surface area contributed by atoms with Crippen molar-refractivity contribution in [3.8, 4) is 0 Å². The Morgan fingerprint density at radius 1 is 1.38 bits per heavy atom. The van der Waals surface area contributed by atoms with Gasteiger partial charge in [-0.3, -0.25) is 4.79 Å². The number of aromatic nitrogens is 2. The van der Waals surface area contributed by atoms with Gasteiger partial charge in [-0.15, -0.1) is 21.5 Å². The molecule has 0 saturated heterocycles. The predicted molar refractivity (Wildman–Crippen MR) is 86.0 cm³/mol. The van der Waals surface area contributed by atoms with E-state index in [2.05, 4.69) is 35.4 Å². The summed E-state index contributed by atoms with van der Waals surface area (Å²) in [6.45, 7) is 4.80. The van der Waals surface area contributed by atoms with Crippen LogP contribution in [0, 0.1) is 5.92 Å². The van der Waals surface area contributed by atoms with Crippen molar-refractivity contribution in [3.05, 3.63) is 31.4 Å². The highest BCUT2D eigenvalue weighted by Crippen LogP contribution is 2.32. The molecule has 0 saturated carbocycles. The van der Waals surface area contributed by atoms with E-state index in [4.69, 9.17) is 0 Å². The smallest absolute Gasteiger partial charge is 0.261 e. The number of nitrogens with zero attached hydrogens (tertiary/aromatic N) is 2. The first-order chi connectivity index (χ1) is 10.2. The molecular formula is C15H19N3OS2. The Morgan fingerprint density at radius 2 is 2.19 bits per heavy atom. The van der Waals surface area contributed by atoms with Gasteiger partial charge in [0.25, 0.3) is 5.91 Å². The lowest BCUT2D eigenvalue weighted by molar-refractivity contribution is 0.0955. The van der Waals surface area contributed by atoms with Gasteiger partial charge in [0.1, 0.15) is 10.0 Å². The fraction of sp³-hybridized carbons (Fsp3) is 0.533. The molecule has 2 heterocycles. The lowest BCUT2D eigenvalue weighted by Gasteiger charge is -2.16. The molecule has 21 heavy (non-hydrogen) atoms. The summed E-state index contributed by atoms with van der Waals surface area (Å²) in [6.07, 6.45) is 4.35. The summed E-state index contributed by atoms with van der Waals surface area (Å²) in [6, 6.07) is 2.07. The van der Waals surface area contributed by atoms with Gasteiger partial charge in [-0.05, 0) is 43.2 Å². The molecule has 1 amide bonds. The zero-order valence-electron chi connectivity index (χ0n) is 12.3. The molecule has 4 nitrogen and oxygen atoms in total. The highest BCUT2D eigenvalue weighted by molar-refractivity contribution is 7.14. The monoisotopic (exact) mass is 321 g/mol. The molecule has 0 radical (unpaired) electrons. The van der Waals surface area contributed by atoms with Crippen LogP contribution >= 0.6 is 22.7 Å². The summed E-state index contributed by atoms with van der Waals surface area (Å²) in [5, 5.41) is 13.0. The van der Waals surface area contributed by atoms with Gasteiger partial charge >= 0.3 is 0 Å². The van der Waals surface area contributed by atoms with E-state index in [-0.39, 0.29) is 5.91 Å². The molecule has 1 aliphatic carbocycles. The highest BCUT2D eigenvalue weighted by Gasteiger charge is 2.20. The molecule has 0 spiro atoms. The van der Waals surface area contributed by atoms with E-state index in [0.717, 1.165) is 40.1 Å². The Morgan fingerprint density at radius 3 is 2.95 bits per heavy atom. The van der Waals surface area contributed by atoms with Crippen molar-refractivity contribution in [2.45, 2.75) is 46.1 Å². The second kappa shape index (κ2) is 6.23. The molecule has 112 valence electrons. The fourth-order valence-electron chi connectivity index (χ4n) is 2.56. The minimum atomic E-state index is 0.00954. The van der Waals surface area contributed by atoms with Gasteiger partial charge in [-0.2, -0.15) is 0 Å². The number of rotatable bonds is 4. The molecule has 0 aliphatic heterocycles. The van der Waals surface area contributed by atoms with Crippen molar-refractivity contribution in [1.82, 2.24) is 15.5 Å². The number of carbonyl (C=O) groups is 1. The van der Waals surface area contributed by atoms with Crippen molar-refractivity contribution < 1.29 is 4.79 Å². The standard InChI is InChI=1S/C15H19N3OS2/c1-3-13-17-18-14(21-13)8-16-15(19)12-7-10-6-9(2)4-5-11(10)20-12/h7,9H,3-6,8H2,1-2H3,(H,16,19)/t9-/m1/s1. The van der Waals surface area contributed by atoms with E-state index in [0.29, 0.717) is 6.54 Å². The van der Waals surface area contributed by atoms with Crippen LogP contribution in [0.4, 0.5) is 0 Å². The average Bonchev–Trinajstić information content (AvgIpc) is 3.10. The molecule has 0 unspecified atom stereocenters. The van der Waals surface area contributed by atoms with Crippen LogP contribution in [0.15, 0.2) is 6.07 Å². The van der Waals surface area contributed by atoms with Gasteiger partial charge in [0.05, 0.1) is 11.4 Å². The zero-order chi connectivity index (χ0) is 14.8. The van der Waals surface area contributed by atoms with Crippen LogP contribution in [0.25, 0.3) is 0 Å². The Hall–Kier alpha value is -1.27. The first-order valence-corrected chi connectivity index (χ1v) is 9.00. The lowest BCUT2D eigenvalue weighted by atomic mass is 9.90. The molecule has 0 fully saturated rings. The van der Waals surface area contributed by atoms with Crippen molar-refractivity contribution in [3.63, 3.8) is 0 Å². The molecule has 2 aromatic rings. The summed E-state index contributed by atoms with van der Waals surface area (Å²) < 4.78 is 0. The van der Waals surface area contributed by atoms with Crippen LogP contribution in [0.2, 0.25) is 0 Å². The average molecular weight is 321 g/mol. The molecule has 6 heteroatoms. The molecule has 1 atom stereocenters. The van der Waals surface area contributed by atoms with E-state index in [1.165, 1.54) is 16.9 Å². The largest absolute Gasteiger partial charge is 0.345 e. The first-order valence-electron chi connectivity index (χ1n) is 7.36. The quantitative estimate of drug-likeness (QED) is 0.940. The van der Waals surface area contributed by atoms with Crippen molar-refractivity contribution in [1.29, 1.82) is 0 Å². The number of thiophene rings is 1. The summed E-state index contributed by atoms with van der Waals surface area (Å²) in [5.41, 5.74) is 1.37. The van der Waals surface area contributed by atoms with E-state index in [1.54, 1.807) is 22.7 Å². The molecule has 3 rings (SSSR count). The van der Waals surface area contributed by atoms with Gasteiger partial charge in [0.15, 0.2) is 0 Å². The van der Waals surface area contributed by atoms with Gasteiger partial charge in [-0.25, -0.2) is 0 Å². The normalized spacial score (nSPS) is 17.5. The predicted octanol–water partition coefficient (Wildman–Crippen LogP) is 3.22. The number of carbonyl (C=O) groups excluding carboxylic acids is 1. The number of hydrogen-bond acceptors (Lipinski definition) is 5. The Labute approximate surface area is 132 Å². The van der Waals surface area contributed by atoms with Gasteiger partial charge in [0.2, 0.25) is 0 Å². The van der Waals surface area contributed by atoms with Crippen LogP contribution in [-0.2, 0) is 25.8 Å². The maximum Gasteiger partial charge on any atom is 0.261 e. The van der Waals surface area contributed by atoms with Gasteiger partial charge in [-0.1, -0.05) is 25.2 Å². The summed E-state index contributed by atoms with van der Waals surface area (Å²) in [7, 11) is 0. The van der Waals surface area contributed by atoms with E-state index in [1.807, 2.05) is 0 Å². The minimum Gasteiger partial charge on any atom is -0.345 e. The second-order valence-corrected chi connectivity index (χ2v) is 7.82. The van der Waals surface area contributed by atoms with E-state index >= 15 is 0 Å². The Kier molecular flexibility index (Phi) is 4.35. The Bertz CT molecular complexity index is 647. The molecular weight excluding hydrogens is 302 g/mol. The number of amides is 1. The zero-order valence-corrected chi connectivity index (χ0v) is 13.9. The Balaban J connectivity index is 1.63. The third-order valence-electron chi connectivity index (χ3n) is 3.76. The molecule has 1 N–H and O–H groups in total. The maximum absolute atomic E-state index is 12.2. The highest BCUT2D eigenvalue weighted by atomic mass is 32.1. The van der Waals surface area contributed by atoms with Crippen molar-refractivity contribution >= 4 is 28.6 Å². The lowest BCUT2D eigenvalue weighted by Crippen LogP contribution is -2.21. The van der Waals surface area contributed by atoms with Gasteiger partial charge in [0, 0.05) is 4.88 Å². The summed E-state index contributed by atoms with van der Waals surface area (Å²) in [4.78, 5) is 14.5. The van der Waals surface area contributed by atoms with Gasteiger partial charge < -0.3 is 5.32 Å². The van der Waals surface area contributed by atoms with Crippen LogP contribution in [0.1, 0.15) is 50.4 Å². The van der Waals surface area contributed by atoms with Crippen LogP contribution in [0.5, 0.6) is 0 Å². The van der Waals surface area contributed by atoms with Crippen molar-refractivity contribution in [2.75, 3.05) is 0 Å². The number of nitrogens with one attached hydrogen (secondary N) is 1. The second-order valence-electron chi connectivity index (χ2n) is 5.53. The fourth-order valence-corrected chi connectivity index (χ4v) is 4.41. The summed E-state index contributed by atoms with van der Waals surface area (Å²) >= 11 is 3.21. The number of fused-ring (bicyclic) bond motifs is 1. The SMILES string of the molecule is CCc1nnc(CNC(=O)c2cc3c(s2)CC[C@@H](C)C3)s1. The van der Waals surface area contributed by atoms with E-state index < -0.39 is 0 Å². The van der Waals surface area contributed by atoms with E-state index in [9.17, 15) is 4.79 Å². The molecule has 1 aliphatic rings. The summed E-state index contributed by atoms with van der Waals surface area (Å²) in [5.74, 6) is 0.743. The molecule has 0 bridgehead atoms. The number of aryl methyl sites for hydroxylation is 2. The molecule has 2 aromatic heterocycles. The van der Waals surface area contributed by atoms with Crippen LogP contribution in [-0.4, -0.2) is 16.1 Å². The third kappa shape index (κ3) is 3.32. The topological polar surface area (TPSA) is 54.9 Å². The van der Waals surface area contributed by atoms with Crippen molar-refractivity contribution in [2.24, 2.45) is 5.92 Å². The van der Waals surface area contributed by atoms with Crippen LogP contribution in [0.3, 0.4) is 0 Å². The van der Waals surface area contributed by atoms with Crippen LogP contribution < -0.4 is 5.32 Å². The maximum atomic E-state index is 12.2. The third-order valence-corrected chi connectivity index (χ3v) is 6.07. The first kappa shape index (κ1) is 14.7. The number of hydrogen-bond donors (Lipinski definition) is 1. The molecule has 0 aromatic carbocycles. The minimum absolute atomic E-state index is 0.00954.